The standard InChI is InChI=1S/C15H19FN2O3/c16-11-3-1-2-10(6-11)14-9-18(4-5-21-14)15(20)13-7-12(19)8-17-13/h1-3,6,12-14,17,19H,4-5,7-9H2. The summed E-state index contributed by atoms with van der Waals surface area (Å²) in [5.41, 5.74) is 0.743. The zero-order valence-electron chi connectivity index (χ0n) is 11.7. The van der Waals surface area contributed by atoms with Crippen molar-refractivity contribution in [1.82, 2.24) is 10.2 Å². The van der Waals surface area contributed by atoms with Gasteiger partial charge in [0, 0.05) is 13.1 Å². The van der Waals surface area contributed by atoms with Crippen molar-refractivity contribution in [2.45, 2.75) is 24.7 Å². The van der Waals surface area contributed by atoms with E-state index in [1.807, 2.05) is 0 Å². The number of halogens is 1. The maximum atomic E-state index is 13.3. The number of nitrogens with zero attached hydrogens (tertiary/aromatic N) is 1. The predicted octanol–water partition coefficient (Wildman–Crippen LogP) is 0.448. The number of amides is 1. The Balaban J connectivity index is 1.67. The van der Waals surface area contributed by atoms with Gasteiger partial charge in [0.05, 0.1) is 25.3 Å². The molecule has 1 aromatic carbocycles. The van der Waals surface area contributed by atoms with E-state index in [1.54, 1.807) is 17.0 Å². The lowest BCUT2D eigenvalue weighted by Crippen LogP contribution is -2.49. The number of carbonyl (C=O) groups excluding carboxylic acids is 1. The molecule has 2 fully saturated rings. The van der Waals surface area contributed by atoms with E-state index in [0.717, 1.165) is 5.56 Å². The molecule has 1 amide bonds. The lowest BCUT2D eigenvalue weighted by molar-refractivity contribution is -0.141. The molecule has 3 rings (SSSR count). The third-order valence-electron chi connectivity index (χ3n) is 4.00. The van der Waals surface area contributed by atoms with E-state index in [0.29, 0.717) is 32.7 Å². The van der Waals surface area contributed by atoms with Gasteiger partial charge in [-0.3, -0.25) is 4.79 Å². The van der Waals surface area contributed by atoms with Crippen LogP contribution in [-0.4, -0.2) is 54.3 Å². The molecule has 0 saturated carbocycles. The van der Waals surface area contributed by atoms with E-state index in [-0.39, 0.29) is 23.9 Å². The summed E-state index contributed by atoms with van der Waals surface area (Å²) in [6.07, 6.45) is -0.315. The van der Waals surface area contributed by atoms with Crippen LogP contribution in [0.3, 0.4) is 0 Å². The van der Waals surface area contributed by atoms with E-state index in [2.05, 4.69) is 5.32 Å². The average molecular weight is 294 g/mol. The van der Waals surface area contributed by atoms with Gasteiger partial charge in [-0.15, -0.1) is 0 Å². The number of aliphatic hydroxyl groups excluding tert-OH is 1. The minimum Gasteiger partial charge on any atom is -0.392 e. The maximum Gasteiger partial charge on any atom is 0.239 e. The fourth-order valence-electron chi connectivity index (χ4n) is 2.88. The molecule has 2 aliphatic heterocycles. The van der Waals surface area contributed by atoms with Gasteiger partial charge in [-0.2, -0.15) is 0 Å². The molecule has 6 heteroatoms. The number of morpholine rings is 1. The second-order valence-corrected chi connectivity index (χ2v) is 5.55. The first-order valence-electron chi connectivity index (χ1n) is 7.21. The zero-order valence-corrected chi connectivity index (χ0v) is 11.7. The molecule has 0 aliphatic carbocycles. The molecule has 3 unspecified atom stereocenters. The molecule has 5 nitrogen and oxygen atoms in total. The van der Waals surface area contributed by atoms with Gasteiger partial charge in [0.1, 0.15) is 11.9 Å². The number of ether oxygens (including phenoxy) is 1. The minimum absolute atomic E-state index is 0.0174. The van der Waals surface area contributed by atoms with Crippen LogP contribution < -0.4 is 5.32 Å². The number of β-amino-alcohol motifs (C(OH)–C–C–N with tert-alkyl or cyclic N) is 1. The lowest BCUT2D eigenvalue weighted by atomic mass is 10.1. The van der Waals surface area contributed by atoms with Crippen molar-refractivity contribution in [2.24, 2.45) is 0 Å². The maximum absolute atomic E-state index is 13.3. The Labute approximate surface area is 122 Å². The summed E-state index contributed by atoms with van der Waals surface area (Å²) in [7, 11) is 0. The van der Waals surface area contributed by atoms with Crippen LogP contribution >= 0.6 is 0 Å². The number of hydrogen-bond acceptors (Lipinski definition) is 4. The summed E-state index contributed by atoms with van der Waals surface area (Å²) in [6.45, 7) is 1.83. The molecule has 2 heterocycles. The second kappa shape index (κ2) is 6.09. The fourth-order valence-corrected chi connectivity index (χ4v) is 2.88. The molecule has 2 N–H and O–H groups in total. The summed E-state index contributed by atoms with van der Waals surface area (Å²) >= 11 is 0. The molecule has 3 atom stereocenters. The minimum atomic E-state index is -0.459. The molecule has 0 spiro atoms. The molecule has 0 aromatic heterocycles. The smallest absolute Gasteiger partial charge is 0.239 e. The summed E-state index contributed by atoms with van der Waals surface area (Å²) in [4.78, 5) is 14.1. The molecule has 2 saturated heterocycles. The first kappa shape index (κ1) is 14.4. The van der Waals surface area contributed by atoms with Crippen molar-refractivity contribution >= 4 is 5.91 Å². The van der Waals surface area contributed by atoms with Gasteiger partial charge in [-0.05, 0) is 24.1 Å². The molecular formula is C15H19FN2O3. The largest absolute Gasteiger partial charge is 0.392 e. The Kier molecular flexibility index (Phi) is 4.19. The Morgan fingerprint density at radius 1 is 1.48 bits per heavy atom. The molecule has 21 heavy (non-hydrogen) atoms. The first-order valence-corrected chi connectivity index (χ1v) is 7.21. The van der Waals surface area contributed by atoms with E-state index in [4.69, 9.17) is 4.74 Å². The van der Waals surface area contributed by atoms with Crippen LogP contribution in [0, 0.1) is 5.82 Å². The normalized spacial score (nSPS) is 29.6. The Morgan fingerprint density at radius 2 is 2.33 bits per heavy atom. The van der Waals surface area contributed by atoms with Gasteiger partial charge >= 0.3 is 0 Å². The SMILES string of the molecule is O=C(C1CC(O)CN1)N1CCOC(c2cccc(F)c2)C1. The number of aliphatic hydroxyl groups is 1. The van der Waals surface area contributed by atoms with Crippen molar-refractivity contribution in [3.05, 3.63) is 35.6 Å². The number of nitrogens with one attached hydrogen (secondary N) is 1. The fraction of sp³-hybridized carbons (Fsp3) is 0.533. The Bertz CT molecular complexity index is 525. The van der Waals surface area contributed by atoms with Crippen molar-refractivity contribution in [3.8, 4) is 0 Å². The van der Waals surface area contributed by atoms with Crippen molar-refractivity contribution in [1.29, 1.82) is 0 Å². The van der Waals surface area contributed by atoms with Crippen LogP contribution in [0.5, 0.6) is 0 Å². The van der Waals surface area contributed by atoms with E-state index < -0.39 is 6.10 Å². The zero-order chi connectivity index (χ0) is 14.8. The van der Waals surface area contributed by atoms with Crippen molar-refractivity contribution in [3.63, 3.8) is 0 Å². The highest BCUT2D eigenvalue weighted by atomic mass is 19.1. The highest BCUT2D eigenvalue weighted by Gasteiger charge is 2.34. The van der Waals surface area contributed by atoms with Crippen LogP contribution in [0.25, 0.3) is 0 Å². The van der Waals surface area contributed by atoms with E-state index in [1.165, 1.54) is 12.1 Å². The number of rotatable bonds is 2. The van der Waals surface area contributed by atoms with Crippen LogP contribution in [0.1, 0.15) is 18.1 Å². The van der Waals surface area contributed by atoms with Gasteiger partial charge in [0.15, 0.2) is 0 Å². The van der Waals surface area contributed by atoms with Gasteiger partial charge in [-0.25, -0.2) is 4.39 Å². The molecule has 0 radical (unpaired) electrons. The van der Waals surface area contributed by atoms with Crippen LogP contribution in [0.15, 0.2) is 24.3 Å². The Morgan fingerprint density at radius 3 is 3.05 bits per heavy atom. The van der Waals surface area contributed by atoms with Gasteiger partial charge < -0.3 is 20.1 Å². The highest BCUT2D eigenvalue weighted by molar-refractivity contribution is 5.82. The quantitative estimate of drug-likeness (QED) is 0.831. The molecule has 1 aromatic rings. The molecule has 0 bridgehead atoms. The third-order valence-corrected chi connectivity index (χ3v) is 4.00. The average Bonchev–Trinajstić information content (AvgIpc) is 2.93. The van der Waals surface area contributed by atoms with Crippen LogP contribution in [0.4, 0.5) is 4.39 Å². The summed E-state index contributed by atoms with van der Waals surface area (Å²) in [6, 6.07) is 5.95. The van der Waals surface area contributed by atoms with Gasteiger partial charge in [0.2, 0.25) is 5.91 Å². The molecular weight excluding hydrogens is 275 g/mol. The number of benzene rings is 1. The summed E-state index contributed by atoms with van der Waals surface area (Å²) in [5.74, 6) is -0.323. The second-order valence-electron chi connectivity index (χ2n) is 5.55. The lowest BCUT2D eigenvalue weighted by Gasteiger charge is -2.34. The van der Waals surface area contributed by atoms with Crippen molar-refractivity contribution in [2.75, 3.05) is 26.2 Å². The summed E-state index contributed by atoms with van der Waals surface area (Å²) in [5, 5.41) is 12.5. The monoisotopic (exact) mass is 294 g/mol. The third kappa shape index (κ3) is 3.23. The Hall–Kier alpha value is -1.50. The predicted molar refractivity (Wildman–Crippen MR) is 74.1 cm³/mol. The molecule has 2 aliphatic rings. The molecule has 114 valence electrons. The highest BCUT2D eigenvalue weighted by Crippen LogP contribution is 2.24. The van der Waals surface area contributed by atoms with Gasteiger partial charge in [-0.1, -0.05) is 12.1 Å². The number of hydrogen-bond donors (Lipinski definition) is 2. The van der Waals surface area contributed by atoms with Crippen LogP contribution in [0.2, 0.25) is 0 Å². The van der Waals surface area contributed by atoms with Gasteiger partial charge in [0.25, 0.3) is 0 Å². The van der Waals surface area contributed by atoms with E-state index in [9.17, 15) is 14.3 Å². The van der Waals surface area contributed by atoms with Crippen molar-refractivity contribution < 1.29 is 19.0 Å². The topological polar surface area (TPSA) is 61.8 Å². The number of carbonyl (C=O) groups is 1. The summed E-state index contributed by atoms with van der Waals surface area (Å²) < 4.78 is 18.9. The van der Waals surface area contributed by atoms with Crippen LogP contribution in [-0.2, 0) is 9.53 Å². The van der Waals surface area contributed by atoms with E-state index >= 15 is 0 Å². The first-order chi connectivity index (χ1) is 10.1.